The van der Waals surface area contributed by atoms with Crippen molar-refractivity contribution in [3.63, 3.8) is 0 Å². The van der Waals surface area contributed by atoms with Gasteiger partial charge in [-0.1, -0.05) is 28.1 Å². The third kappa shape index (κ3) is 2.74. The summed E-state index contributed by atoms with van der Waals surface area (Å²) in [7, 11) is 0. The molecule has 78 valence electrons. The second-order valence-corrected chi connectivity index (χ2v) is 4.34. The smallest absolute Gasteiger partial charge is 0.125 e. The van der Waals surface area contributed by atoms with Crippen LogP contribution in [0.15, 0.2) is 12.1 Å². The first-order valence-electron chi connectivity index (χ1n) is 4.92. The van der Waals surface area contributed by atoms with E-state index in [1.165, 1.54) is 16.7 Å². The lowest BCUT2D eigenvalue weighted by Crippen LogP contribution is -2.01. The van der Waals surface area contributed by atoms with E-state index >= 15 is 0 Å². The largest absolute Gasteiger partial charge is 0.493 e. The van der Waals surface area contributed by atoms with Gasteiger partial charge in [-0.2, -0.15) is 0 Å². The summed E-state index contributed by atoms with van der Waals surface area (Å²) >= 11 is 3.39. The Hall–Kier alpha value is -0.500. The number of benzene rings is 1. The van der Waals surface area contributed by atoms with Crippen LogP contribution >= 0.6 is 15.9 Å². The third-order valence-electron chi connectivity index (χ3n) is 2.40. The van der Waals surface area contributed by atoms with E-state index in [2.05, 4.69) is 48.8 Å². The Morgan fingerprint density at radius 2 is 1.79 bits per heavy atom. The molecule has 2 heteroatoms. The highest BCUT2D eigenvalue weighted by Crippen LogP contribution is 2.25. The van der Waals surface area contributed by atoms with Gasteiger partial charge in [0, 0.05) is 5.33 Å². The average molecular weight is 257 g/mol. The molecule has 0 atom stereocenters. The van der Waals surface area contributed by atoms with Gasteiger partial charge < -0.3 is 4.74 Å². The molecule has 0 aliphatic carbocycles. The normalized spacial score (nSPS) is 10.3. The summed E-state index contributed by atoms with van der Waals surface area (Å²) in [5.41, 5.74) is 3.78. The Balaban J connectivity index is 2.79. The Labute approximate surface area is 94.6 Å². The van der Waals surface area contributed by atoms with Crippen molar-refractivity contribution in [2.45, 2.75) is 27.2 Å². The van der Waals surface area contributed by atoms with Crippen molar-refractivity contribution >= 4 is 15.9 Å². The maximum absolute atomic E-state index is 5.76. The third-order valence-corrected chi connectivity index (χ3v) is 2.96. The SMILES string of the molecule is Cc1ccc(C)c(OCCCBr)c1C. The Morgan fingerprint density at radius 1 is 1.14 bits per heavy atom. The maximum atomic E-state index is 5.76. The van der Waals surface area contributed by atoms with Gasteiger partial charge in [0.05, 0.1) is 6.61 Å². The first-order valence-corrected chi connectivity index (χ1v) is 6.04. The number of aryl methyl sites for hydroxylation is 2. The van der Waals surface area contributed by atoms with Crippen LogP contribution in [0, 0.1) is 20.8 Å². The molecule has 0 heterocycles. The molecule has 0 saturated carbocycles. The molecule has 1 nitrogen and oxygen atoms in total. The molecule has 0 aliphatic heterocycles. The minimum absolute atomic E-state index is 0.788. The molecule has 0 amide bonds. The van der Waals surface area contributed by atoms with Crippen LogP contribution in [0.2, 0.25) is 0 Å². The van der Waals surface area contributed by atoms with E-state index in [-0.39, 0.29) is 0 Å². The molecule has 0 fully saturated rings. The summed E-state index contributed by atoms with van der Waals surface area (Å²) in [4.78, 5) is 0. The van der Waals surface area contributed by atoms with Crippen molar-refractivity contribution in [3.8, 4) is 5.75 Å². The van der Waals surface area contributed by atoms with Crippen molar-refractivity contribution in [2.75, 3.05) is 11.9 Å². The van der Waals surface area contributed by atoms with Crippen LogP contribution in [0.4, 0.5) is 0 Å². The van der Waals surface area contributed by atoms with Gasteiger partial charge in [-0.15, -0.1) is 0 Å². The predicted octanol–water partition coefficient (Wildman–Crippen LogP) is 3.78. The Kier molecular flexibility index (Phi) is 4.46. The van der Waals surface area contributed by atoms with Gasteiger partial charge in [-0.05, 0) is 43.9 Å². The fourth-order valence-electron chi connectivity index (χ4n) is 1.38. The first kappa shape index (κ1) is 11.6. The zero-order chi connectivity index (χ0) is 10.6. The number of ether oxygens (including phenoxy) is 1. The molecule has 0 saturated heterocycles. The van der Waals surface area contributed by atoms with E-state index in [0.717, 1.165) is 24.1 Å². The van der Waals surface area contributed by atoms with E-state index in [9.17, 15) is 0 Å². The highest BCUT2D eigenvalue weighted by molar-refractivity contribution is 9.09. The van der Waals surface area contributed by atoms with E-state index in [1.807, 2.05) is 0 Å². The van der Waals surface area contributed by atoms with Crippen molar-refractivity contribution in [1.82, 2.24) is 0 Å². The molecule has 0 aromatic heterocycles. The molecule has 0 bridgehead atoms. The Bertz CT molecular complexity index is 307. The van der Waals surface area contributed by atoms with Gasteiger partial charge in [0.1, 0.15) is 5.75 Å². The lowest BCUT2D eigenvalue weighted by atomic mass is 10.1. The first-order chi connectivity index (χ1) is 6.66. The maximum Gasteiger partial charge on any atom is 0.125 e. The second kappa shape index (κ2) is 5.40. The van der Waals surface area contributed by atoms with Crippen LogP contribution in [0.25, 0.3) is 0 Å². The zero-order valence-electron chi connectivity index (χ0n) is 9.06. The molecule has 0 aliphatic rings. The van der Waals surface area contributed by atoms with E-state index in [4.69, 9.17) is 4.74 Å². The summed E-state index contributed by atoms with van der Waals surface area (Å²) in [6.07, 6.45) is 1.05. The van der Waals surface area contributed by atoms with Gasteiger partial charge in [-0.3, -0.25) is 0 Å². The van der Waals surface area contributed by atoms with E-state index in [1.54, 1.807) is 0 Å². The molecule has 1 aromatic carbocycles. The topological polar surface area (TPSA) is 9.23 Å². The molecule has 0 N–H and O–H groups in total. The summed E-state index contributed by atoms with van der Waals surface area (Å²) in [5.74, 6) is 1.06. The van der Waals surface area contributed by atoms with Crippen molar-refractivity contribution < 1.29 is 4.74 Å². The van der Waals surface area contributed by atoms with Crippen LogP contribution in [0.5, 0.6) is 5.75 Å². The molecule has 1 aromatic rings. The molecule has 14 heavy (non-hydrogen) atoms. The van der Waals surface area contributed by atoms with Crippen molar-refractivity contribution in [1.29, 1.82) is 0 Å². The predicted molar refractivity (Wildman–Crippen MR) is 64.6 cm³/mol. The summed E-state index contributed by atoms with van der Waals surface area (Å²) in [6.45, 7) is 7.12. The lowest BCUT2D eigenvalue weighted by molar-refractivity contribution is 0.314. The highest BCUT2D eigenvalue weighted by atomic mass is 79.9. The standard InChI is InChI=1S/C12H17BrO/c1-9-5-6-10(2)12(11(9)3)14-8-4-7-13/h5-6H,4,7-8H2,1-3H3. The molecular weight excluding hydrogens is 240 g/mol. The van der Waals surface area contributed by atoms with Crippen LogP contribution in [0.1, 0.15) is 23.1 Å². The van der Waals surface area contributed by atoms with E-state index < -0.39 is 0 Å². The number of halogens is 1. The monoisotopic (exact) mass is 256 g/mol. The van der Waals surface area contributed by atoms with E-state index in [0.29, 0.717) is 0 Å². The van der Waals surface area contributed by atoms with Crippen LogP contribution in [-0.2, 0) is 0 Å². The van der Waals surface area contributed by atoms with Crippen LogP contribution in [-0.4, -0.2) is 11.9 Å². The van der Waals surface area contributed by atoms with Gasteiger partial charge in [0.25, 0.3) is 0 Å². The molecular formula is C12H17BrO. The van der Waals surface area contributed by atoms with Gasteiger partial charge in [-0.25, -0.2) is 0 Å². The fraction of sp³-hybridized carbons (Fsp3) is 0.500. The summed E-state index contributed by atoms with van der Waals surface area (Å²) < 4.78 is 5.76. The Morgan fingerprint density at radius 3 is 2.43 bits per heavy atom. The van der Waals surface area contributed by atoms with Gasteiger partial charge in [0.2, 0.25) is 0 Å². The van der Waals surface area contributed by atoms with Crippen molar-refractivity contribution in [3.05, 3.63) is 28.8 Å². The molecule has 0 unspecified atom stereocenters. The fourth-order valence-corrected chi connectivity index (χ4v) is 1.61. The van der Waals surface area contributed by atoms with Gasteiger partial charge in [0.15, 0.2) is 0 Å². The van der Waals surface area contributed by atoms with Crippen molar-refractivity contribution in [2.24, 2.45) is 0 Å². The second-order valence-electron chi connectivity index (χ2n) is 3.54. The van der Waals surface area contributed by atoms with Crippen LogP contribution in [0.3, 0.4) is 0 Å². The minimum Gasteiger partial charge on any atom is -0.493 e. The zero-order valence-corrected chi connectivity index (χ0v) is 10.6. The lowest BCUT2D eigenvalue weighted by Gasteiger charge is -2.13. The summed E-state index contributed by atoms with van der Waals surface area (Å²) in [6, 6.07) is 4.26. The number of rotatable bonds is 4. The quantitative estimate of drug-likeness (QED) is 0.589. The molecule has 0 spiro atoms. The summed E-state index contributed by atoms with van der Waals surface area (Å²) in [5, 5.41) is 0.997. The minimum atomic E-state index is 0.788. The molecule has 1 rings (SSSR count). The number of hydrogen-bond donors (Lipinski definition) is 0. The average Bonchev–Trinajstić information content (AvgIpc) is 2.18. The highest BCUT2D eigenvalue weighted by Gasteiger charge is 2.05. The number of alkyl halides is 1. The van der Waals surface area contributed by atoms with Crippen LogP contribution < -0.4 is 4.74 Å². The van der Waals surface area contributed by atoms with Gasteiger partial charge >= 0.3 is 0 Å². The molecule has 0 radical (unpaired) electrons. The number of hydrogen-bond acceptors (Lipinski definition) is 1.